The minimum atomic E-state index is -0.408. The van der Waals surface area contributed by atoms with Crippen molar-refractivity contribution in [3.05, 3.63) is 53.6 Å². The molecule has 0 aliphatic carbocycles. The molecule has 0 atom stereocenters. The molecule has 0 fully saturated rings. The van der Waals surface area contributed by atoms with Crippen molar-refractivity contribution in [1.29, 1.82) is 0 Å². The molecule has 0 aliphatic heterocycles. The second-order valence-electron chi connectivity index (χ2n) is 4.95. The molecule has 2 aromatic carbocycles. The third-order valence-corrected chi connectivity index (χ3v) is 3.31. The highest BCUT2D eigenvalue weighted by Crippen LogP contribution is 2.29. The van der Waals surface area contributed by atoms with Crippen molar-refractivity contribution in [3.63, 3.8) is 0 Å². The minimum Gasteiger partial charge on any atom is -0.497 e. The van der Waals surface area contributed by atoms with E-state index in [0.29, 0.717) is 30.3 Å². The van der Waals surface area contributed by atoms with Gasteiger partial charge in [-0.1, -0.05) is 12.1 Å². The normalized spacial score (nSPS) is 10.1. The topological polar surface area (TPSA) is 54.0 Å². The molecule has 0 N–H and O–H groups in total. The highest BCUT2D eigenvalue weighted by Gasteiger charge is 2.13. The lowest BCUT2D eigenvalue weighted by Crippen LogP contribution is -2.07. The van der Waals surface area contributed by atoms with E-state index < -0.39 is 5.97 Å². The fourth-order valence-electron chi connectivity index (χ4n) is 2.13. The van der Waals surface area contributed by atoms with Crippen molar-refractivity contribution in [2.75, 3.05) is 20.3 Å². The number of esters is 1. The predicted octanol–water partition coefficient (Wildman–Crippen LogP) is 3.85. The summed E-state index contributed by atoms with van der Waals surface area (Å²) < 4.78 is 21.5. The molecule has 2 rings (SSSR count). The van der Waals surface area contributed by atoms with Gasteiger partial charge >= 0.3 is 5.97 Å². The lowest BCUT2D eigenvalue weighted by Gasteiger charge is -2.12. The van der Waals surface area contributed by atoms with E-state index in [1.54, 1.807) is 25.3 Å². The van der Waals surface area contributed by atoms with Crippen molar-refractivity contribution in [1.82, 2.24) is 0 Å². The summed E-state index contributed by atoms with van der Waals surface area (Å²) in [5.41, 5.74) is 1.32. The summed E-state index contributed by atoms with van der Waals surface area (Å²) in [5, 5.41) is 0. The summed E-state index contributed by atoms with van der Waals surface area (Å²) in [5.74, 6) is 1.51. The zero-order valence-electron chi connectivity index (χ0n) is 14.2. The molecule has 0 radical (unpaired) electrons. The summed E-state index contributed by atoms with van der Waals surface area (Å²) >= 11 is 0. The zero-order valence-corrected chi connectivity index (χ0v) is 14.2. The smallest absolute Gasteiger partial charge is 0.338 e. The molecule has 2 aromatic rings. The molecule has 24 heavy (non-hydrogen) atoms. The second kappa shape index (κ2) is 8.82. The Morgan fingerprint density at radius 3 is 2.21 bits per heavy atom. The van der Waals surface area contributed by atoms with E-state index in [0.717, 1.165) is 11.3 Å². The number of hydrogen-bond donors (Lipinski definition) is 0. The van der Waals surface area contributed by atoms with Gasteiger partial charge in [0.1, 0.15) is 12.4 Å². The Morgan fingerprint density at radius 1 is 0.917 bits per heavy atom. The highest BCUT2D eigenvalue weighted by atomic mass is 16.5. The number of ether oxygens (including phenoxy) is 4. The van der Waals surface area contributed by atoms with Crippen LogP contribution in [0.15, 0.2) is 42.5 Å². The Hall–Kier alpha value is -2.69. The Bertz CT molecular complexity index is 664. The minimum absolute atomic E-state index is 0.194. The fourth-order valence-corrected chi connectivity index (χ4v) is 2.13. The Morgan fingerprint density at radius 2 is 1.58 bits per heavy atom. The first-order valence-corrected chi connectivity index (χ1v) is 7.87. The number of hydrogen-bond acceptors (Lipinski definition) is 5. The van der Waals surface area contributed by atoms with Crippen LogP contribution in [0.1, 0.15) is 29.8 Å². The van der Waals surface area contributed by atoms with E-state index in [1.165, 1.54) is 0 Å². The van der Waals surface area contributed by atoms with Gasteiger partial charge in [-0.05, 0) is 49.7 Å². The quantitative estimate of drug-likeness (QED) is 0.688. The zero-order chi connectivity index (χ0) is 17.4. The van der Waals surface area contributed by atoms with Gasteiger partial charge in [0.25, 0.3) is 0 Å². The van der Waals surface area contributed by atoms with E-state index in [4.69, 9.17) is 18.9 Å². The molecule has 0 amide bonds. The maximum absolute atomic E-state index is 12.2. The van der Waals surface area contributed by atoms with Crippen LogP contribution in [0.3, 0.4) is 0 Å². The van der Waals surface area contributed by atoms with Crippen LogP contribution in [0.2, 0.25) is 0 Å². The van der Waals surface area contributed by atoms with Gasteiger partial charge < -0.3 is 18.9 Å². The molecule has 0 heterocycles. The molecule has 0 unspecified atom stereocenters. The van der Waals surface area contributed by atoms with Crippen molar-refractivity contribution in [2.24, 2.45) is 0 Å². The van der Waals surface area contributed by atoms with E-state index in [1.807, 2.05) is 38.1 Å². The van der Waals surface area contributed by atoms with E-state index in [-0.39, 0.29) is 6.61 Å². The summed E-state index contributed by atoms with van der Waals surface area (Å²) in [4.78, 5) is 12.2. The molecule has 0 aromatic heterocycles. The van der Waals surface area contributed by atoms with E-state index in [9.17, 15) is 4.79 Å². The number of carbonyl (C=O) groups excluding carboxylic acids is 1. The molecule has 128 valence electrons. The maximum Gasteiger partial charge on any atom is 0.338 e. The molecule has 0 bridgehead atoms. The van der Waals surface area contributed by atoms with Crippen molar-refractivity contribution >= 4 is 5.97 Å². The Balaban J connectivity index is 2.04. The number of methoxy groups -OCH3 is 1. The number of carbonyl (C=O) groups is 1. The van der Waals surface area contributed by atoms with Gasteiger partial charge in [0.2, 0.25) is 0 Å². The molecule has 5 nitrogen and oxygen atoms in total. The molecular formula is C19H22O5. The van der Waals surface area contributed by atoms with Gasteiger partial charge in [0.05, 0.1) is 25.9 Å². The first-order valence-electron chi connectivity index (χ1n) is 7.87. The molecule has 0 saturated heterocycles. The predicted molar refractivity (Wildman–Crippen MR) is 90.9 cm³/mol. The van der Waals surface area contributed by atoms with Crippen molar-refractivity contribution < 1.29 is 23.7 Å². The van der Waals surface area contributed by atoms with Crippen molar-refractivity contribution in [3.8, 4) is 17.2 Å². The van der Waals surface area contributed by atoms with Crippen LogP contribution in [0.4, 0.5) is 0 Å². The van der Waals surface area contributed by atoms with Crippen LogP contribution < -0.4 is 14.2 Å². The van der Waals surface area contributed by atoms with Crippen LogP contribution in [0.25, 0.3) is 0 Å². The first kappa shape index (κ1) is 17.7. The largest absolute Gasteiger partial charge is 0.497 e. The summed E-state index contributed by atoms with van der Waals surface area (Å²) in [6.07, 6.45) is 0. The summed E-state index contributed by atoms with van der Waals surface area (Å²) in [6.45, 7) is 4.99. The SMILES string of the molecule is CCOc1ccc(C(=O)OCc2ccc(OC)cc2)cc1OCC. The Labute approximate surface area is 142 Å². The van der Waals surface area contributed by atoms with Crippen LogP contribution in [0, 0.1) is 0 Å². The van der Waals surface area contributed by atoms with Crippen LogP contribution in [-0.2, 0) is 11.3 Å². The first-order chi connectivity index (χ1) is 11.7. The standard InChI is InChI=1S/C19H22O5/c1-4-22-17-11-8-15(12-18(17)23-5-2)19(20)24-13-14-6-9-16(21-3)10-7-14/h6-12H,4-5,13H2,1-3H3. The van der Waals surface area contributed by atoms with Gasteiger partial charge in [0, 0.05) is 0 Å². The average Bonchev–Trinajstić information content (AvgIpc) is 2.62. The van der Waals surface area contributed by atoms with Gasteiger partial charge in [0.15, 0.2) is 11.5 Å². The van der Waals surface area contributed by atoms with Gasteiger partial charge in [-0.15, -0.1) is 0 Å². The van der Waals surface area contributed by atoms with Gasteiger partial charge in [-0.3, -0.25) is 0 Å². The third kappa shape index (κ3) is 4.65. The highest BCUT2D eigenvalue weighted by molar-refractivity contribution is 5.90. The molecule has 5 heteroatoms. The lowest BCUT2D eigenvalue weighted by atomic mass is 10.2. The van der Waals surface area contributed by atoms with Crippen LogP contribution in [0.5, 0.6) is 17.2 Å². The van der Waals surface area contributed by atoms with Crippen molar-refractivity contribution in [2.45, 2.75) is 20.5 Å². The van der Waals surface area contributed by atoms with Crippen LogP contribution in [-0.4, -0.2) is 26.3 Å². The van der Waals surface area contributed by atoms with E-state index in [2.05, 4.69) is 0 Å². The molecule has 0 spiro atoms. The van der Waals surface area contributed by atoms with E-state index >= 15 is 0 Å². The fraction of sp³-hybridized carbons (Fsp3) is 0.316. The Kier molecular flexibility index (Phi) is 6.49. The number of rotatable bonds is 8. The summed E-state index contributed by atoms with van der Waals surface area (Å²) in [6, 6.07) is 12.4. The monoisotopic (exact) mass is 330 g/mol. The maximum atomic E-state index is 12.2. The van der Waals surface area contributed by atoms with Gasteiger partial charge in [-0.25, -0.2) is 4.79 Å². The van der Waals surface area contributed by atoms with Gasteiger partial charge in [-0.2, -0.15) is 0 Å². The molecular weight excluding hydrogens is 308 g/mol. The molecule has 0 aliphatic rings. The molecule has 0 saturated carbocycles. The second-order valence-corrected chi connectivity index (χ2v) is 4.95. The average molecular weight is 330 g/mol. The lowest BCUT2D eigenvalue weighted by molar-refractivity contribution is 0.0472. The third-order valence-electron chi connectivity index (χ3n) is 3.31. The number of benzene rings is 2. The van der Waals surface area contributed by atoms with Crippen LogP contribution >= 0.6 is 0 Å². The summed E-state index contributed by atoms with van der Waals surface area (Å²) in [7, 11) is 1.61.